The normalized spacial score (nSPS) is 17.1. The van der Waals surface area contributed by atoms with Crippen molar-refractivity contribution in [1.82, 2.24) is 0 Å². The van der Waals surface area contributed by atoms with Crippen LogP contribution in [0.3, 0.4) is 0 Å². The zero-order chi connectivity index (χ0) is 12.5. The maximum absolute atomic E-state index is 13.2. The minimum absolute atomic E-state index is 0.118. The summed E-state index contributed by atoms with van der Waals surface area (Å²) < 4.78 is 18.6. The summed E-state index contributed by atoms with van der Waals surface area (Å²) in [4.78, 5) is 0. The second-order valence-electron chi connectivity index (χ2n) is 4.44. The molecular weight excluding hydrogens is 229 g/mol. The van der Waals surface area contributed by atoms with Gasteiger partial charge in [0.15, 0.2) is 0 Å². The predicted octanol–water partition coefficient (Wildman–Crippen LogP) is 3.54. The average Bonchev–Trinajstić information content (AvgIpc) is 2.82. The second kappa shape index (κ2) is 4.33. The molecule has 0 saturated carbocycles. The summed E-state index contributed by atoms with van der Waals surface area (Å²) in [5.41, 5.74) is 3.20. The van der Waals surface area contributed by atoms with E-state index in [1.807, 2.05) is 24.3 Å². The fraction of sp³-hybridized carbons (Fsp3) is 0.200. The van der Waals surface area contributed by atoms with Gasteiger partial charge in [0.2, 0.25) is 0 Å². The molecule has 18 heavy (non-hydrogen) atoms. The van der Waals surface area contributed by atoms with E-state index < -0.39 is 0 Å². The average molecular weight is 243 g/mol. The van der Waals surface area contributed by atoms with Crippen molar-refractivity contribution in [2.75, 3.05) is 12.4 Å². The Morgan fingerprint density at radius 1 is 1.22 bits per heavy atom. The van der Waals surface area contributed by atoms with Gasteiger partial charge >= 0.3 is 0 Å². The van der Waals surface area contributed by atoms with E-state index in [2.05, 4.69) is 5.32 Å². The summed E-state index contributed by atoms with van der Waals surface area (Å²) in [6, 6.07) is 12.8. The molecule has 1 unspecified atom stereocenters. The Bertz CT molecular complexity index is 582. The van der Waals surface area contributed by atoms with E-state index in [9.17, 15) is 4.39 Å². The van der Waals surface area contributed by atoms with E-state index in [1.54, 1.807) is 19.2 Å². The lowest BCUT2D eigenvalue weighted by molar-refractivity contribution is 0.410. The van der Waals surface area contributed by atoms with Crippen molar-refractivity contribution in [3.8, 4) is 5.75 Å². The summed E-state index contributed by atoms with van der Waals surface area (Å²) in [5.74, 6) is 0.691. The first-order chi connectivity index (χ1) is 8.78. The lowest BCUT2D eigenvalue weighted by Crippen LogP contribution is -2.05. The van der Waals surface area contributed by atoms with Crippen LogP contribution < -0.4 is 10.1 Å². The first-order valence-electron chi connectivity index (χ1n) is 5.96. The van der Waals surface area contributed by atoms with Crippen LogP contribution >= 0.6 is 0 Å². The van der Waals surface area contributed by atoms with Crippen molar-refractivity contribution in [2.45, 2.75) is 12.5 Å². The standard InChI is InChI=1S/C15H14FNO/c1-18-15-7-3-6-13-12(15)9-14(17-13)10-4-2-5-11(16)8-10/h2-8,14,17H,9H2,1H3. The summed E-state index contributed by atoms with van der Waals surface area (Å²) in [7, 11) is 1.67. The van der Waals surface area contributed by atoms with Gasteiger partial charge in [-0.3, -0.25) is 0 Å². The molecule has 0 aromatic heterocycles. The van der Waals surface area contributed by atoms with Crippen LogP contribution in [0.2, 0.25) is 0 Å². The lowest BCUT2D eigenvalue weighted by atomic mass is 10.0. The number of fused-ring (bicyclic) bond motifs is 1. The Morgan fingerprint density at radius 2 is 2.06 bits per heavy atom. The number of benzene rings is 2. The number of hydrogen-bond donors (Lipinski definition) is 1. The van der Waals surface area contributed by atoms with Crippen LogP contribution in [0.15, 0.2) is 42.5 Å². The van der Waals surface area contributed by atoms with Crippen LogP contribution in [0.4, 0.5) is 10.1 Å². The number of methoxy groups -OCH3 is 1. The minimum atomic E-state index is -0.197. The molecule has 2 nitrogen and oxygen atoms in total. The maximum Gasteiger partial charge on any atom is 0.124 e. The summed E-state index contributed by atoms with van der Waals surface area (Å²) in [5, 5.41) is 3.41. The van der Waals surface area contributed by atoms with Gasteiger partial charge in [-0.2, -0.15) is 0 Å². The van der Waals surface area contributed by atoms with Gasteiger partial charge in [-0.25, -0.2) is 4.39 Å². The maximum atomic E-state index is 13.2. The largest absolute Gasteiger partial charge is 0.496 e. The van der Waals surface area contributed by atoms with Crippen LogP contribution in [0.5, 0.6) is 5.75 Å². The monoisotopic (exact) mass is 243 g/mol. The highest BCUT2D eigenvalue weighted by atomic mass is 19.1. The molecule has 3 rings (SSSR count). The molecule has 0 saturated heterocycles. The molecule has 2 aromatic rings. The molecule has 1 atom stereocenters. The molecule has 0 aliphatic carbocycles. The Morgan fingerprint density at radius 3 is 2.83 bits per heavy atom. The Kier molecular flexibility index (Phi) is 2.67. The van der Waals surface area contributed by atoms with Crippen LogP contribution in [-0.2, 0) is 6.42 Å². The molecule has 0 amide bonds. The molecule has 0 spiro atoms. The third-order valence-electron chi connectivity index (χ3n) is 3.34. The summed E-state index contributed by atoms with van der Waals surface area (Å²) >= 11 is 0. The van der Waals surface area contributed by atoms with E-state index in [0.717, 1.165) is 29.0 Å². The molecule has 2 aromatic carbocycles. The van der Waals surface area contributed by atoms with E-state index >= 15 is 0 Å². The van der Waals surface area contributed by atoms with E-state index in [0.29, 0.717) is 0 Å². The number of anilines is 1. The zero-order valence-corrected chi connectivity index (χ0v) is 10.1. The van der Waals surface area contributed by atoms with Crippen LogP contribution in [-0.4, -0.2) is 7.11 Å². The van der Waals surface area contributed by atoms with Crippen molar-refractivity contribution < 1.29 is 9.13 Å². The second-order valence-corrected chi connectivity index (χ2v) is 4.44. The van der Waals surface area contributed by atoms with Gasteiger partial charge in [-0.1, -0.05) is 18.2 Å². The Hall–Kier alpha value is -2.03. The van der Waals surface area contributed by atoms with Gasteiger partial charge in [0.05, 0.1) is 13.2 Å². The highest BCUT2D eigenvalue weighted by Crippen LogP contribution is 2.39. The van der Waals surface area contributed by atoms with E-state index in [-0.39, 0.29) is 11.9 Å². The summed E-state index contributed by atoms with van der Waals surface area (Å²) in [6.45, 7) is 0. The number of rotatable bonds is 2. The molecule has 3 heteroatoms. The number of halogens is 1. The van der Waals surface area contributed by atoms with Crippen LogP contribution in [0.25, 0.3) is 0 Å². The van der Waals surface area contributed by atoms with Gasteiger partial charge in [0, 0.05) is 17.7 Å². The molecule has 1 heterocycles. The van der Waals surface area contributed by atoms with Gasteiger partial charge in [-0.05, 0) is 29.8 Å². The molecule has 92 valence electrons. The topological polar surface area (TPSA) is 21.3 Å². The first kappa shape index (κ1) is 11.1. The third-order valence-corrected chi connectivity index (χ3v) is 3.34. The van der Waals surface area contributed by atoms with Crippen molar-refractivity contribution in [3.63, 3.8) is 0 Å². The van der Waals surface area contributed by atoms with Gasteiger partial charge in [0.1, 0.15) is 11.6 Å². The van der Waals surface area contributed by atoms with E-state index in [1.165, 1.54) is 6.07 Å². The van der Waals surface area contributed by atoms with Crippen LogP contribution in [0, 0.1) is 5.82 Å². The van der Waals surface area contributed by atoms with Gasteiger partial charge in [-0.15, -0.1) is 0 Å². The molecular formula is C15H14FNO. The van der Waals surface area contributed by atoms with Gasteiger partial charge in [0.25, 0.3) is 0 Å². The summed E-state index contributed by atoms with van der Waals surface area (Å²) in [6.07, 6.45) is 0.822. The highest BCUT2D eigenvalue weighted by molar-refractivity contribution is 5.63. The van der Waals surface area contributed by atoms with Crippen molar-refractivity contribution in [2.24, 2.45) is 0 Å². The first-order valence-corrected chi connectivity index (χ1v) is 5.96. The Balaban J connectivity index is 1.93. The zero-order valence-electron chi connectivity index (χ0n) is 10.1. The quantitative estimate of drug-likeness (QED) is 0.871. The highest BCUT2D eigenvalue weighted by Gasteiger charge is 2.24. The van der Waals surface area contributed by atoms with Crippen molar-refractivity contribution >= 4 is 5.69 Å². The molecule has 0 fully saturated rings. The third kappa shape index (κ3) is 1.82. The predicted molar refractivity (Wildman–Crippen MR) is 69.5 cm³/mol. The Labute approximate surface area is 105 Å². The smallest absolute Gasteiger partial charge is 0.124 e. The minimum Gasteiger partial charge on any atom is -0.496 e. The fourth-order valence-corrected chi connectivity index (χ4v) is 2.47. The molecule has 1 aliphatic rings. The molecule has 1 aliphatic heterocycles. The molecule has 0 radical (unpaired) electrons. The fourth-order valence-electron chi connectivity index (χ4n) is 2.47. The SMILES string of the molecule is COc1cccc2c1CC(c1cccc(F)c1)N2. The lowest BCUT2D eigenvalue weighted by Gasteiger charge is -2.11. The van der Waals surface area contributed by atoms with Gasteiger partial charge < -0.3 is 10.1 Å². The van der Waals surface area contributed by atoms with Crippen molar-refractivity contribution in [3.05, 3.63) is 59.4 Å². The number of ether oxygens (including phenoxy) is 1. The molecule has 0 bridgehead atoms. The number of hydrogen-bond acceptors (Lipinski definition) is 2. The molecule has 1 N–H and O–H groups in total. The van der Waals surface area contributed by atoms with Crippen LogP contribution in [0.1, 0.15) is 17.2 Å². The number of nitrogens with one attached hydrogen (secondary N) is 1. The van der Waals surface area contributed by atoms with Crippen molar-refractivity contribution in [1.29, 1.82) is 0 Å². The van der Waals surface area contributed by atoms with E-state index in [4.69, 9.17) is 4.74 Å².